The normalized spacial score (nSPS) is 11.9. The first-order chi connectivity index (χ1) is 9.61. The second kappa shape index (κ2) is 6.57. The highest BCUT2D eigenvalue weighted by Gasteiger charge is 2.21. The van der Waals surface area contributed by atoms with Crippen molar-refractivity contribution in [2.45, 2.75) is 46.1 Å². The summed E-state index contributed by atoms with van der Waals surface area (Å²) >= 11 is 0. The Labute approximate surface area is 125 Å². The molecule has 4 heteroatoms. The Balaban J connectivity index is 3.21. The van der Waals surface area contributed by atoms with Crippen LogP contribution in [0, 0.1) is 0 Å². The fraction of sp³-hybridized carbons (Fsp3) is 0.412. The Bertz CT molecular complexity index is 563. The molecule has 0 saturated heterocycles. The molecule has 0 fully saturated rings. The van der Waals surface area contributed by atoms with Crippen LogP contribution in [0.15, 0.2) is 30.4 Å². The van der Waals surface area contributed by atoms with E-state index in [0.29, 0.717) is 5.56 Å². The van der Waals surface area contributed by atoms with Gasteiger partial charge >= 0.3 is 5.97 Å². The predicted molar refractivity (Wildman–Crippen MR) is 82.0 cm³/mol. The van der Waals surface area contributed by atoms with Crippen molar-refractivity contribution in [3.8, 4) is 5.75 Å². The lowest BCUT2D eigenvalue weighted by atomic mass is 9.85. The van der Waals surface area contributed by atoms with Gasteiger partial charge in [0.2, 0.25) is 0 Å². The van der Waals surface area contributed by atoms with Gasteiger partial charge in [-0.05, 0) is 43.5 Å². The minimum absolute atomic E-state index is 0.0413. The number of ether oxygens (including phenoxy) is 1. The molecular formula is C17H22O4. The molecule has 0 saturated carbocycles. The van der Waals surface area contributed by atoms with E-state index in [0.717, 1.165) is 23.5 Å². The van der Waals surface area contributed by atoms with Gasteiger partial charge in [0.1, 0.15) is 5.75 Å². The molecule has 1 aromatic rings. The molecule has 21 heavy (non-hydrogen) atoms. The van der Waals surface area contributed by atoms with Crippen molar-refractivity contribution >= 4 is 11.8 Å². The fourth-order valence-corrected chi connectivity index (χ4v) is 1.87. The lowest BCUT2D eigenvalue weighted by Gasteiger charge is -2.24. The molecule has 1 aromatic carbocycles. The maximum atomic E-state index is 12.0. The van der Waals surface area contributed by atoms with Gasteiger partial charge in [-0.1, -0.05) is 20.8 Å². The highest BCUT2D eigenvalue weighted by molar-refractivity contribution is 6.07. The largest absolute Gasteiger partial charge is 0.491 e. The van der Waals surface area contributed by atoms with Gasteiger partial charge in [-0.25, -0.2) is 4.79 Å². The molecule has 0 radical (unpaired) electrons. The van der Waals surface area contributed by atoms with Crippen molar-refractivity contribution in [3.05, 3.63) is 41.5 Å². The minimum Gasteiger partial charge on any atom is -0.491 e. The van der Waals surface area contributed by atoms with Crippen LogP contribution in [0.2, 0.25) is 0 Å². The van der Waals surface area contributed by atoms with E-state index < -0.39 is 5.97 Å². The van der Waals surface area contributed by atoms with Crippen molar-refractivity contribution in [1.82, 2.24) is 0 Å². The average Bonchev–Trinajstić information content (AvgIpc) is 2.34. The molecule has 0 unspecified atom stereocenters. The van der Waals surface area contributed by atoms with Crippen molar-refractivity contribution in [2.24, 2.45) is 0 Å². The van der Waals surface area contributed by atoms with Gasteiger partial charge in [0.05, 0.1) is 6.10 Å². The van der Waals surface area contributed by atoms with Crippen LogP contribution in [-0.4, -0.2) is 23.0 Å². The summed E-state index contributed by atoms with van der Waals surface area (Å²) in [5, 5.41) is 8.58. The number of carboxylic acids is 1. The number of hydrogen-bond acceptors (Lipinski definition) is 3. The number of carbonyl (C=O) groups is 2. The zero-order valence-electron chi connectivity index (χ0n) is 13.1. The van der Waals surface area contributed by atoms with E-state index in [4.69, 9.17) is 9.84 Å². The summed E-state index contributed by atoms with van der Waals surface area (Å²) in [6.45, 7) is 10.0. The van der Waals surface area contributed by atoms with Crippen LogP contribution in [0.5, 0.6) is 5.75 Å². The van der Waals surface area contributed by atoms with E-state index in [-0.39, 0.29) is 17.3 Å². The summed E-state index contributed by atoms with van der Waals surface area (Å²) < 4.78 is 5.78. The van der Waals surface area contributed by atoms with Crippen molar-refractivity contribution in [2.75, 3.05) is 0 Å². The first-order valence-electron chi connectivity index (χ1n) is 6.88. The maximum Gasteiger partial charge on any atom is 0.328 e. The standard InChI is InChI=1S/C17H22O4/c1-11(2)21-15-8-6-12(10-13(15)17(3,4)5)14(18)7-9-16(19)20/h6-11H,1-5H3,(H,19,20)/b9-7+. The fourth-order valence-electron chi connectivity index (χ4n) is 1.87. The number of rotatable bonds is 5. The Morgan fingerprint density at radius 3 is 2.29 bits per heavy atom. The number of aliphatic carboxylic acids is 1. The SMILES string of the molecule is CC(C)Oc1ccc(C(=O)/C=C/C(=O)O)cc1C(C)(C)C. The second-order valence-electron chi connectivity index (χ2n) is 6.16. The Morgan fingerprint density at radius 2 is 1.81 bits per heavy atom. The number of allylic oxidation sites excluding steroid dienone is 1. The third kappa shape index (κ3) is 5.06. The van der Waals surface area contributed by atoms with Crippen LogP contribution in [0.3, 0.4) is 0 Å². The third-order valence-corrected chi connectivity index (χ3v) is 2.81. The number of benzene rings is 1. The molecule has 0 heterocycles. The molecule has 0 aliphatic heterocycles. The van der Waals surface area contributed by atoms with Crippen molar-refractivity contribution in [1.29, 1.82) is 0 Å². The molecule has 0 aliphatic rings. The van der Waals surface area contributed by atoms with E-state index in [9.17, 15) is 9.59 Å². The maximum absolute atomic E-state index is 12.0. The van der Waals surface area contributed by atoms with Gasteiger partial charge in [0.15, 0.2) is 5.78 Å². The van der Waals surface area contributed by atoms with Gasteiger partial charge in [-0.2, -0.15) is 0 Å². The molecule has 114 valence electrons. The molecule has 0 bridgehead atoms. The van der Waals surface area contributed by atoms with Crippen LogP contribution >= 0.6 is 0 Å². The minimum atomic E-state index is -1.14. The van der Waals surface area contributed by atoms with Crippen LogP contribution in [0.4, 0.5) is 0 Å². The van der Waals surface area contributed by atoms with Crippen LogP contribution in [0.1, 0.15) is 50.5 Å². The molecule has 0 aromatic heterocycles. The van der Waals surface area contributed by atoms with E-state index >= 15 is 0 Å². The molecule has 0 atom stereocenters. The Morgan fingerprint density at radius 1 is 1.19 bits per heavy atom. The quantitative estimate of drug-likeness (QED) is 0.665. The lowest BCUT2D eigenvalue weighted by Crippen LogP contribution is -2.17. The highest BCUT2D eigenvalue weighted by Crippen LogP contribution is 2.33. The summed E-state index contributed by atoms with van der Waals surface area (Å²) in [4.78, 5) is 22.4. The molecule has 0 aliphatic carbocycles. The van der Waals surface area contributed by atoms with Gasteiger partial charge in [0, 0.05) is 17.2 Å². The lowest BCUT2D eigenvalue weighted by molar-refractivity contribution is -0.131. The predicted octanol–water partition coefficient (Wildman–Crippen LogP) is 3.59. The summed E-state index contributed by atoms with van der Waals surface area (Å²) in [5.41, 5.74) is 1.19. The molecule has 1 rings (SSSR count). The summed E-state index contributed by atoms with van der Waals surface area (Å²) in [6, 6.07) is 5.19. The van der Waals surface area contributed by atoms with Crippen molar-refractivity contribution in [3.63, 3.8) is 0 Å². The Hall–Kier alpha value is -2.10. The highest BCUT2D eigenvalue weighted by atomic mass is 16.5. The summed E-state index contributed by atoms with van der Waals surface area (Å²) in [7, 11) is 0. The number of carbonyl (C=O) groups excluding carboxylic acids is 1. The molecule has 4 nitrogen and oxygen atoms in total. The molecule has 0 amide bonds. The summed E-state index contributed by atoms with van der Waals surface area (Å²) in [6.07, 6.45) is 1.95. The Kier molecular flexibility index (Phi) is 5.30. The molecule has 1 N–H and O–H groups in total. The van der Waals surface area contributed by atoms with Gasteiger partial charge in [-0.15, -0.1) is 0 Å². The van der Waals surface area contributed by atoms with Gasteiger partial charge in [-0.3, -0.25) is 4.79 Å². The van der Waals surface area contributed by atoms with Crippen LogP contribution < -0.4 is 4.74 Å². The summed E-state index contributed by atoms with van der Waals surface area (Å²) in [5.74, 6) is -0.727. The van der Waals surface area contributed by atoms with Gasteiger partial charge in [0.25, 0.3) is 0 Å². The zero-order valence-corrected chi connectivity index (χ0v) is 13.1. The van der Waals surface area contributed by atoms with Gasteiger partial charge < -0.3 is 9.84 Å². The first kappa shape index (κ1) is 17.0. The van der Waals surface area contributed by atoms with E-state index in [2.05, 4.69) is 0 Å². The zero-order chi connectivity index (χ0) is 16.2. The van der Waals surface area contributed by atoms with E-state index in [1.54, 1.807) is 18.2 Å². The number of hydrogen-bond donors (Lipinski definition) is 1. The number of ketones is 1. The topological polar surface area (TPSA) is 63.6 Å². The van der Waals surface area contributed by atoms with Crippen molar-refractivity contribution < 1.29 is 19.4 Å². The van der Waals surface area contributed by atoms with E-state index in [1.165, 1.54) is 0 Å². The van der Waals surface area contributed by atoms with Crippen LogP contribution in [-0.2, 0) is 10.2 Å². The van der Waals surface area contributed by atoms with Crippen LogP contribution in [0.25, 0.3) is 0 Å². The average molecular weight is 290 g/mol. The third-order valence-electron chi connectivity index (χ3n) is 2.81. The molecular weight excluding hydrogens is 268 g/mol. The monoisotopic (exact) mass is 290 g/mol. The smallest absolute Gasteiger partial charge is 0.328 e. The molecule has 0 spiro atoms. The number of carboxylic acid groups (broad SMARTS) is 1. The van der Waals surface area contributed by atoms with E-state index in [1.807, 2.05) is 34.6 Å². The first-order valence-corrected chi connectivity index (χ1v) is 6.88. The second-order valence-corrected chi connectivity index (χ2v) is 6.16.